The lowest BCUT2D eigenvalue weighted by Gasteiger charge is -2.38. The molecule has 1 aliphatic heterocycles. The molecule has 1 aromatic rings. The van der Waals surface area contributed by atoms with Gasteiger partial charge < -0.3 is 9.84 Å². The van der Waals surface area contributed by atoms with Crippen LogP contribution in [0, 0.1) is 0 Å². The standard InChI is InChI=1S/C12H21N3O/c1-3-4-11-8-15(10(2)7-13-11)9-12-5-6-16-14-12/h5-6,10-11,13H,3-4,7-9H2,1-2H3. The molecule has 0 aliphatic carbocycles. The summed E-state index contributed by atoms with van der Waals surface area (Å²) in [6.07, 6.45) is 4.14. The van der Waals surface area contributed by atoms with Gasteiger partial charge in [0.1, 0.15) is 6.26 Å². The predicted octanol–water partition coefficient (Wildman–Crippen LogP) is 1.64. The molecule has 0 aromatic carbocycles. The summed E-state index contributed by atoms with van der Waals surface area (Å²) in [6.45, 7) is 7.58. The van der Waals surface area contributed by atoms with E-state index >= 15 is 0 Å². The molecule has 4 heteroatoms. The van der Waals surface area contributed by atoms with Gasteiger partial charge in [-0.3, -0.25) is 4.90 Å². The third-order valence-corrected chi connectivity index (χ3v) is 3.27. The normalized spacial score (nSPS) is 27.1. The second-order valence-electron chi connectivity index (χ2n) is 4.66. The van der Waals surface area contributed by atoms with Crippen LogP contribution in [0.3, 0.4) is 0 Å². The van der Waals surface area contributed by atoms with Gasteiger partial charge >= 0.3 is 0 Å². The van der Waals surface area contributed by atoms with Gasteiger partial charge in [0.25, 0.3) is 0 Å². The van der Waals surface area contributed by atoms with Crippen molar-refractivity contribution in [3.8, 4) is 0 Å². The maximum Gasteiger partial charge on any atom is 0.124 e. The molecule has 1 saturated heterocycles. The molecule has 16 heavy (non-hydrogen) atoms. The average Bonchev–Trinajstić information content (AvgIpc) is 2.76. The van der Waals surface area contributed by atoms with Gasteiger partial charge in [0.05, 0.1) is 5.69 Å². The Bertz CT molecular complexity index is 299. The van der Waals surface area contributed by atoms with Gasteiger partial charge in [0.2, 0.25) is 0 Å². The van der Waals surface area contributed by atoms with E-state index in [1.54, 1.807) is 6.26 Å². The van der Waals surface area contributed by atoms with Crippen molar-refractivity contribution in [1.29, 1.82) is 0 Å². The summed E-state index contributed by atoms with van der Waals surface area (Å²) < 4.78 is 4.87. The number of piperazine rings is 1. The highest BCUT2D eigenvalue weighted by Crippen LogP contribution is 2.13. The summed E-state index contributed by atoms with van der Waals surface area (Å²) in [6, 6.07) is 3.15. The molecule has 0 radical (unpaired) electrons. The maximum atomic E-state index is 4.87. The Kier molecular flexibility index (Phi) is 3.96. The molecule has 1 fully saturated rings. The van der Waals surface area contributed by atoms with Crippen LogP contribution < -0.4 is 5.32 Å². The van der Waals surface area contributed by atoms with E-state index in [1.807, 2.05) is 6.07 Å². The topological polar surface area (TPSA) is 41.3 Å². The summed E-state index contributed by atoms with van der Waals surface area (Å²) in [5.74, 6) is 0. The molecular weight excluding hydrogens is 202 g/mol. The van der Waals surface area contributed by atoms with Crippen molar-refractivity contribution >= 4 is 0 Å². The van der Waals surface area contributed by atoms with Crippen LogP contribution in [-0.2, 0) is 6.54 Å². The van der Waals surface area contributed by atoms with Gasteiger partial charge in [-0.2, -0.15) is 0 Å². The molecular formula is C12H21N3O. The van der Waals surface area contributed by atoms with Crippen LogP contribution in [-0.4, -0.2) is 35.2 Å². The molecule has 90 valence electrons. The van der Waals surface area contributed by atoms with E-state index in [1.165, 1.54) is 12.8 Å². The average molecular weight is 223 g/mol. The van der Waals surface area contributed by atoms with Gasteiger partial charge in [-0.1, -0.05) is 18.5 Å². The number of nitrogens with one attached hydrogen (secondary N) is 1. The molecule has 2 atom stereocenters. The van der Waals surface area contributed by atoms with E-state index < -0.39 is 0 Å². The fourth-order valence-electron chi connectivity index (χ4n) is 2.28. The van der Waals surface area contributed by atoms with Crippen molar-refractivity contribution in [2.24, 2.45) is 0 Å². The highest BCUT2D eigenvalue weighted by Gasteiger charge is 2.24. The smallest absolute Gasteiger partial charge is 0.124 e. The fraction of sp³-hybridized carbons (Fsp3) is 0.750. The monoisotopic (exact) mass is 223 g/mol. The molecule has 0 saturated carbocycles. The van der Waals surface area contributed by atoms with Crippen molar-refractivity contribution in [3.63, 3.8) is 0 Å². The van der Waals surface area contributed by atoms with E-state index in [9.17, 15) is 0 Å². The molecule has 4 nitrogen and oxygen atoms in total. The molecule has 1 N–H and O–H groups in total. The Morgan fingerprint density at radius 3 is 3.19 bits per heavy atom. The highest BCUT2D eigenvalue weighted by atomic mass is 16.5. The minimum Gasteiger partial charge on any atom is -0.364 e. The first kappa shape index (κ1) is 11.6. The summed E-state index contributed by atoms with van der Waals surface area (Å²) in [4.78, 5) is 2.48. The number of hydrogen-bond donors (Lipinski definition) is 1. The first-order valence-corrected chi connectivity index (χ1v) is 6.16. The van der Waals surface area contributed by atoms with E-state index in [2.05, 4.69) is 29.2 Å². The van der Waals surface area contributed by atoms with Gasteiger partial charge in [-0.15, -0.1) is 0 Å². The first-order valence-electron chi connectivity index (χ1n) is 6.16. The zero-order chi connectivity index (χ0) is 11.4. The molecule has 2 unspecified atom stereocenters. The molecule has 2 heterocycles. The van der Waals surface area contributed by atoms with Crippen LogP contribution in [0.2, 0.25) is 0 Å². The van der Waals surface area contributed by atoms with E-state index in [-0.39, 0.29) is 0 Å². The van der Waals surface area contributed by atoms with Crippen LogP contribution in [0.5, 0.6) is 0 Å². The largest absolute Gasteiger partial charge is 0.364 e. The Labute approximate surface area is 97.0 Å². The van der Waals surface area contributed by atoms with Crippen molar-refractivity contribution in [2.45, 2.75) is 45.3 Å². The number of aromatic nitrogens is 1. The minimum atomic E-state index is 0.574. The van der Waals surface area contributed by atoms with E-state index in [0.29, 0.717) is 12.1 Å². The van der Waals surface area contributed by atoms with Crippen molar-refractivity contribution in [1.82, 2.24) is 15.4 Å². The number of rotatable bonds is 4. The fourth-order valence-corrected chi connectivity index (χ4v) is 2.28. The lowest BCUT2D eigenvalue weighted by Crippen LogP contribution is -2.54. The van der Waals surface area contributed by atoms with Crippen molar-refractivity contribution in [3.05, 3.63) is 18.0 Å². The molecule has 1 aliphatic rings. The Hall–Kier alpha value is -0.870. The summed E-state index contributed by atoms with van der Waals surface area (Å²) in [5, 5.41) is 7.57. The lowest BCUT2D eigenvalue weighted by molar-refractivity contribution is 0.126. The molecule has 0 amide bonds. The quantitative estimate of drug-likeness (QED) is 0.842. The Morgan fingerprint density at radius 1 is 1.62 bits per heavy atom. The van der Waals surface area contributed by atoms with Crippen molar-refractivity contribution in [2.75, 3.05) is 13.1 Å². The third kappa shape index (κ3) is 2.83. The second-order valence-corrected chi connectivity index (χ2v) is 4.66. The predicted molar refractivity (Wildman–Crippen MR) is 63.1 cm³/mol. The molecule has 0 bridgehead atoms. The number of nitrogens with zero attached hydrogens (tertiary/aromatic N) is 2. The van der Waals surface area contributed by atoms with Crippen molar-refractivity contribution < 1.29 is 4.52 Å². The van der Waals surface area contributed by atoms with Gasteiger partial charge in [-0.05, 0) is 13.3 Å². The zero-order valence-corrected chi connectivity index (χ0v) is 10.1. The van der Waals surface area contributed by atoms with Crippen LogP contribution in [0.25, 0.3) is 0 Å². The van der Waals surface area contributed by atoms with Crippen LogP contribution in [0.1, 0.15) is 32.4 Å². The van der Waals surface area contributed by atoms with Crippen LogP contribution in [0.15, 0.2) is 16.9 Å². The minimum absolute atomic E-state index is 0.574. The van der Waals surface area contributed by atoms with Crippen LogP contribution in [0.4, 0.5) is 0 Å². The summed E-state index contributed by atoms with van der Waals surface area (Å²) in [7, 11) is 0. The highest BCUT2D eigenvalue weighted by molar-refractivity contribution is 4.97. The maximum absolute atomic E-state index is 4.87. The first-order chi connectivity index (χ1) is 7.79. The summed E-state index contributed by atoms with van der Waals surface area (Å²) >= 11 is 0. The summed E-state index contributed by atoms with van der Waals surface area (Å²) in [5.41, 5.74) is 1.03. The van der Waals surface area contributed by atoms with Gasteiger partial charge in [-0.25, -0.2) is 0 Å². The number of hydrogen-bond acceptors (Lipinski definition) is 4. The SMILES string of the molecule is CCCC1CN(Cc2ccon2)C(C)CN1. The Morgan fingerprint density at radius 2 is 2.50 bits per heavy atom. The van der Waals surface area contributed by atoms with E-state index in [4.69, 9.17) is 4.52 Å². The second kappa shape index (κ2) is 5.46. The van der Waals surface area contributed by atoms with Gasteiger partial charge in [0.15, 0.2) is 0 Å². The Balaban J connectivity index is 1.91. The zero-order valence-electron chi connectivity index (χ0n) is 10.1. The molecule has 1 aromatic heterocycles. The third-order valence-electron chi connectivity index (χ3n) is 3.27. The van der Waals surface area contributed by atoms with Gasteiger partial charge in [0, 0.05) is 37.8 Å². The molecule has 2 rings (SSSR count). The van der Waals surface area contributed by atoms with Crippen LogP contribution >= 0.6 is 0 Å². The molecule has 0 spiro atoms. The lowest BCUT2D eigenvalue weighted by atomic mass is 10.1. The van der Waals surface area contributed by atoms with E-state index in [0.717, 1.165) is 25.3 Å².